The number of alkyl halides is 2. The zero-order valence-electron chi connectivity index (χ0n) is 16.6. The second kappa shape index (κ2) is 10.4. The van der Waals surface area contributed by atoms with Gasteiger partial charge in [0.25, 0.3) is 0 Å². The monoisotopic (exact) mass is 405 g/mol. The number of rotatable bonds is 8. The highest BCUT2D eigenvalue weighted by Gasteiger charge is 2.27. The molecule has 156 valence electrons. The van der Waals surface area contributed by atoms with Gasteiger partial charge in [-0.3, -0.25) is 4.79 Å². The molecule has 2 N–H and O–H groups in total. The third-order valence-corrected chi connectivity index (χ3v) is 4.20. The first kappa shape index (κ1) is 22.1. The number of urea groups is 1. The molecule has 2 aromatic rings. The predicted octanol–water partition coefficient (Wildman–Crippen LogP) is 4.09. The van der Waals surface area contributed by atoms with Crippen molar-refractivity contribution in [1.82, 2.24) is 10.2 Å². The maximum Gasteiger partial charge on any atom is 0.387 e. The molecule has 0 heterocycles. The van der Waals surface area contributed by atoms with Crippen LogP contribution in [-0.2, 0) is 11.3 Å². The number of anilines is 1. The zero-order valence-corrected chi connectivity index (χ0v) is 16.6. The second-order valence-electron chi connectivity index (χ2n) is 6.90. The minimum Gasteiger partial charge on any atom is -0.435 e. The molecule has 29 heavy (non-hydrogen) atoms. The summed E-state index contributed by atoms with van der Waals surface area (Å²) in [6.45, 7) is 1.06. The fourth-order valence-electron chi connectivity index (χ4n) is 2.71. The van der Waals surface area contributed by atoms with Crippen LogP contribution in [0.15, 0.2) is 54.6 Å². The molecule has 2 rings (SSSR count). The van der Waals surface area contributed by atoms with Crippen LogP contribution in [-0.4, -0.2) is 36.5 Å². The molecule has 0 bridgehead atoms. The SMILES string of the molecule is CC(C)C(NC(=O)Nc1ccccc1)C(=O)N(C)Cc1ccc(OC(F)F)cc1. The van der Waals surface area contributed by atoms with E-state index in [1.807, 2.05) is 19.9 Å². The summed E-state index contributed by atoms with van der Waals surface area (Å²) >= 11 is 0. The average molecular weight is 405 g/mol. The Morgan fingerprint density at radius 2 is 1.66 bits per heavy atom. The van der Waals surface area contributed by atoms with E-state index in [1.54, 1.807) is 43.4 Å². The van der Waals surface area contributed by atoms with Crippen LogP contribution in [0.4, 0.5) is 19.3 Å². The molecule has 2 aromatic carbocycles. The van der Waals surface area contributed by atoms with Crippen LogP contribution in [0.25, 0.3) is 0 Å². The molecule has 0 aliphatic heterocycles. The lowest BCUT2D eigenvalue weighted by Crippen LogP contribution is -2.51. The number of ether oxygens (including phenoxy) is 1. The molecule has 6 nitrogen and oxygen atoms in total. The molecule has 0 saturated carbocycles. The van der Waals surface area contributed by atoms with Gasteiger partial charge in [0.2, 0.25) is 5.91 Å². The molecule has 1 atom stereocenters. The van der Waals surface area contributed by atoms with Gasteiger partial charge in [0.1, 0.15) is 11.8 Å². The fraction of sp³-hybridized carbons (Fsp3) is 0.333. The Morgan fingerprint density at radius 3 is 2.21 bits per heavy atom. The minimum absolute atomic E-state index is 0.0528. The summed E-state index contributed by atoms with van der Waals surface area (Å²) in [7, 11) is 1.62. The van der Waals surface area contributed by atoms with Crippen molar-refractivity contribution in [3.8, 4) is 5.75 Å². The van der Waals surface area contributed by atoms with E-state index in [0.29, 0.717) is 5.69 Å². The second-order valence-corrected chi connectivity index (χ2v) is 6.90. The first-order chi connectivity index (χ1) is 13.8. The normalized spacial score (nSPS) is 11.8. The van der Waals surface area contributed by atoms with E-state index in [2.05, 4.69) is 15.4 Å². The first-order valence-corrected chi connectivity index (χ1v) is 9.17. The van der Waals surface area contributed by atoms with Crippen molar-refractivity contribution in [2.75, 3.05) is 12.4 Å². The summed E-state index contributed by atoms with van der Waals surface area (Å²) < 4.78 is 28.8. The quantitative estimate of drug-likeness (QED) is 0.695. The van der Waals surface area contributed by atoms with E-state index in [4.69, 9.17) is 0 Å². The number of nitrogens with zero attached hydrogens (tertiary/aromatic N) is 1. The molecule has 3 amide bonds. The van der Waals surface area contributed by atoms with Gasteiger partial charge in [0.15, 0.2) is 0 Å². The number of carbonyl (C=O) groups excluding carboxylic acids is 2. The summed E-state index contributed by atoms with van der Waals surface area (Å²) in [5, 5.41) is 5.41. The highest BCUT2D eigenvalue weighted by Crippen LogP contribution is 2.16. The molecule has 0 fully saturated rings. The molecular formula is C21H25F2N3O3. The third kappa shape index (κ3) is 7.06. The molecular weight excluding hydrogens is 380 g/mol. The lowest BCUT2D eigenvalue weighted by atomic mass is 10.0. The Morgan fingerprint density at radius 1 is 1.03 bits per heavy atom. The third-order valence-electron chi connectivity index (χ3n) is 4.20. The summed E-state index contributed by atoms with van der Waals surface area (Å²) in [5.41, 5.74) is 1.37. The van der Waals surface area contributed by atoms with Gasteiger partial charge in [0.05, 0.1) is 0 Å². The number of amides is 3. The zero-order chi connectivity index (χ0) is 21.4. The average Bonchev–Trinajstić information content (AvgIpc) is 2.67. The Hall–Kier alpha value is -3.16. The molecule has 8 heteroatoms. The van der Waals surface area contributed by atoms with Gasteiger partial charge in [-0.1, -0.05) is 44.2 Å². The highest BCUT2D eigenvalue weighted by atomic mass is 19.3. The molecule has 0 aromatic heterocycles. The van der Waals surface area contributed by atoms with E-state index in [-0.39, 0.29) is 24.1 Å². The number of halogens is 2. The van der Waals surface area contributed by atoms with Crippen LogP contribution in [0.3, 0.4) is 0 Å². The maximum absolute atomic E-state index is 12.8. The first-order valence-electron chi connectivity index (χ1n) is 9.17. The van der Waals surface area contributed by atoms with E-state index in [0.717, 1.165) is 5.56 Å². The molecule has 0 saturated heterocycles. The van der Waals surface area contributed by atoms with Crippen molar-refractivity contribution in [3.05, 3.63) is 60.2 Å². The van der Waals surface area contributed by atoms with Crippen LogP contribution in [0.2, 0.25) is 0 Å². The summed E-state index contributed by atoms with van der Waals surface area (Å²) in [6.07, 6.45) is 0. The van der Waals surface area contributed by atoms with Gasteiger partial charge in [0, 0.05) is 19.3 Å². The van der Waals surface area contributed by atoms with Crippen LogP contribution in [0, 0.1) is 5.92 Å². The number of carbonyl (C=O) groups is 2. The summed E-state index contributed by atoms with van der Waals surface area (Å²) in [5.74, 6) is -0.332. The van der Waals surface area contributed by atoms with Crippen molar-refractivity contribution >= 4 is 17.6 Å². The van der Waals surface area contributed by atoms with E-state index in [9.17, 15) is 18.4 Å². The van der Waals surface area contributed by atoms with Gasteiger partial charge >= 0.3 is 12.6 Å². The lowest BCUT2D eigenvalue weighted by molar-refractivity contribution is -0.133. The molecule has 0 aliphatic carbocycles. The molecule has 0 spiro atoms. The van der Waals surface area contributed by atoms with Gasteiger partial charge < -0.3 is 20.3 Å². The number of benzene rings is 2. The van der Waals surface area contributed by atoms with Crippen molar-refractivity contribution in [2.24, 2.45) is 5.92 Å². The fourth-order valence-corrected chi connectivity index (χ4v) is 2.71. The van der Waals surface area contributed by atoms with Crippen LogP contribution in [0.5, 0.6) is 5.75 Å². The van der Waals surface area contributed by atoms with Gasteiger partial charge in [-0.25, -0.2) is 4.79 Å². The Kier molecular flexibility index (Phi) is 7.94. The van der Waals surface area contributed by atoms with Gasteiger partial charge in [-0.2, -0.15) is 8.78 Å². The van der Waals surface area contributed by atoms with Crippen molar-refractivity contribution in [1.29, 1.82) is 0 Å². The Labute approximate surface area is 168 Å². The number of hydrogen-bond donors (Lipinski definition) is 2. The topological polar surface area (TPSA) is 70.7 Å². The lowest BCUT2D eigenvalue weighted by Gasteiger charge is -2.27. The van der Waals surface area contributed by atoms with Crippen molar-refractivity contribution in [2.45, 2.75) is 33.0 Å². The van der Waals surface area contributed by atoms with Gasteiger partial charge in [-0.05, 0) is 35.7 Å². The number of para-hydroxylation sites is 1. The minimum atomic E-state index is -2.88. The standard InChI is InChI=1S/C21H25F2N3O3/c1-14(2)18(25-21(28)24-16-7-5-4-6-8-16)19(27)26(3)13-15-9-11-17(12-10-15)29-20(22)23/h4-12,14,18,20H,13H2,1-3H3,(H2,24,25,28). The molecule has 0 radical (unpaired) electrons. The Balaban J connectivity index is 1.97. The summed E-state index contributed by atoms with van der Waals surface area (Å²) in [4.78, 5) is 26.6. The van der Waals surface area contributed by atoms with Crippen LogP contribution < -0.4 is 15.4 Å². The molecule has 0 aliphatic rings. The number of nitrogens with one attached hydrogen (secondary N) is 2. The van der Waals surface area contributed by atoms with E-state index >= 15 is 0 Å². The van der Waals surface area contributed by atoms with Crippen molar-refractivity contribution in [3.63, 3.8) is 0 Å². The van der Waals surface area contributed by atoms with E-state index < -0.39 is 18.7 Å². The van der Waals surface area contributed by atoms with Gasteiger partial charge in [-0.15, -0.1) is 0 Å². The largest absolute Gasteiger partial charge is 0.435 e. The number of likely N-dealkylation sites (N-methyl/N-ethyl adjacent to an activating group) is 1. The molecule has 1 unspecified atom stereocenters. The predicted molar refractivity (Wildman–Crippen MR) is 107 cm³/mol. The van der Waals surface area contributed by atoms with Crippen LogP contribution in [0.1, 0.15) is 19.4 Å². The van der Waals surface area contributed by atoms with Crippen molar-refractivity contribution < 1.29 is 23.1 Å². The summed E-state index contributed by atoms with van der Waals surface area (Å²) in [6, 6.07) is 13.8. The highest BCUT2D eigenvalue weighted by molar-refractivity contribution is 5.93. The number of hydrogen-bond acceptors (Lipinski definition) is 3. The van der Waals surface area contributed by atoms with E-state index in [1.165, 1.54) is 17.0 Å². The Bertz CT molecular complexity index is 799. The maximum atomic E-state index is 12.8. The van der Waals surface area contributed by atoms with Crippen LogP contribution >= 0.6 is 0 Å². The smallest absolute Gasteiger partial charge is 0.387 e.